The van der Waals surface area contributed by atoms with Gasteiger partial charge in [0.2, 0.25) is 0 Å². The van der Waals surface area contributed by atoms with E-state index < -0.39 is 11.8 Å². The highest BCUT2D eigenvalue weighted by molar-refractivity contribution is 6.31. The van der Waals surface area contributed by atoms with Gasteiger partial charge in [0.15, 0.2) is 0 Å². The number of carbonyl (C=O) groups excluding carboxylic acids is 2. The van der Waals surface area contributed by atoms with Gasteiger partial charge in [0.1, 0.15) is 5.75 Å². The molecule has 0 bridgehead atoms. The first-order valence-electron chi connectivity index (χ1n) is 7.49. The predicted octanol–water partition coefficient (Wildman–Crippen LogP) is 3.83. The number of carbonyl (C=O) groups is 2. The zero-order chi connectivity index (χ0) is 17.6. The van der Waals surface area contributed by atoms with Crippen LogP contribution in [0.25, 0.3) is 10.8 Å². The van der Waals surface area contributed by atoms with Crippen LogP contribution in [-0.4, -0.2) is 28.1 Å². The van der Waals surface area contributed by atoms with E-state index in [1.54, 1.807) is 24.3 Å². The zero-order valence-corrected chi connectivity index (χ0v) is 13.6. The maximum Gasteiger partial charge on any atom is 0.282 e. The maximum absolute atomic E-state index is 12.7. The number of halogens is 1. The first-order valence-corrected chi connectivity index (χ1v) is 7.87. The molecule has 1 heterocycles. The van der Waals surface area contributed by atoms with Crippen molar-refractivity contribution < 1.29 is 14.7 Å². The van der Waals surface area contributed by atoms with Gasteiger partial charge in [-0.15, -0.1) is 0 Å². The van der Waals surface area contributed by atoms with Gasteiger partial charge in [-0.05, 0) is 35.7 Å². The standard InChI is InChI=1S/C19H11ClN2O3/c20-13-7-8-16(23)12(9-13)10-21-22-18(24)14-5-1-3-11-4-2-6-15(17(11)14)19(22)25/h1-10,23H/b21-10+. The molecule has 122 valence electrons. The molecule has 0 atom stereocenters. The van der Waals surface area contributed by atoms with E-state index in [0.29, 0.717) is 27.1 Å². The molecule has 0 aliphatic carbocycles. The van der Waals surface area contributed by atoms with E-state index in [9.17, 15) is 14.7 Å². The lowest BCUT2D eigenvalue weighted by molar-refractivity contribution is 0.0616. The highest BCUT2D eigenvalue weighted by atomic mass is 35.5. The Morgan fingerprint density at radius 1 is 0.960 bits per heavy atom. The lowest BCUT2D eigenvalue weighted by Gasteiger charge is -2.23. The molecule has 0 radical (unpaired) electrons. The predicted molar refractivity (Wildman–Crippen MR) is 95.2 cm³/mol. The molecular formula is C19H11ClN2O3. The van der Waals surface area contributed by atoms with E-state index in [0.717, 1.165) is 10.4 Å². The third-order valence-corrected chi connectivity index (χ3v) is 4.29. The molecule has 2 amide bonds. The van der Waals surface area contributed by atoms with Crippen molar-refractivity contribution in [2.24, 2.45) is 5.10 Å². The van der Waals surface area contributed by atoms with Crippen LogP contribution in [-0.2, 0) is 0 Å². The minimum Gasteiger partial charge on any atom is -0.507 e. The fraction of sp³-hybridized carbons (Fsp3) is 0. The Hall–Kier alpha value is -3.18. The number of imide groups is 1. The number of hydrogen-bond acceptors (Lipinski definition) is 4. The largest absolute Gasteiger partial charge is 0.507 e. The molecule has 3 aromatic rings. The number of amides is 2. The topological polar surface area (TPSA) is 70.0 Å². The van der Waals surface area contributed by atoms with Crippen molar-refractivity contribution in [2.45, 2.75) is 0 Å². The Morgan fingerprint density at radius 2 is 1.60 bits per heavy atom. The van der Waals surface area contributed by atoms with Crippen molar-refractivity contribution in [3.05, 3.63) is 76.3 Å². The van der Waals surface area contributed by atoms with E-state index in [1.807, 2.05) is 12.1 Å². The van der Waals surface area contributed by atoms with E-state index >= 15 is 0 Å². The number of hydrazone groups is 1. The van der Waals surface area contributed by atoms with E-state index in [2.05, 4.69) is 5.10 Å². The van der Waals surface area contributed by atoms with Gasteiger partial charge in [-0.2, -0.15) is 10.1 Å². The molecule has 0 spiro atoms. The number of hydrogen-bond donors (Lipinski definition) is 1. The molecule has 1 aliphatic heterocycles. The van der Waals surface area contributed by atoms with Crippen molar-refractivity contribution in [3.8, 4) is 5.75 Å². The number of benzene rings is 3. The summed E-state index contributed by atoms with van der Waals surface area (Å²) in [5.74, 6) is -1.06. The molecule has 0 saturated heterocycles. The second kappa shape index (κ2) is 5.72. The fourth-order valence-corrected chi connectivity index (χ4v) is 3.05. The Balaban J connectivity index is 1.80. The normalized spacial score (nSPS) is 13.9. The summed E-state index contributed by atoms with van der Waals surface area (Å²) >= 11 is 5.90. The van der Waals surface area contributed by atoms with Gasteiger partial charge in [0.05, 0.1) is 17.3 Å². The first-order chi connectivity index (χ1) is 12.1. The highest BCUT2D eigenvalue weighted by Gasteiger charge is 2.32. The molecule has 6 heteroatoms. The van der Waals surface area contributed by atoms with Crippen molar-refractivity contribution in [1.29, 1.82) is 0 Å². The number of nitrogens with zero attached hydrogens (tertiary/aromatic N) is 2. The number of rotatable bonds is 2. The summed E-state index contributed by atoms with van der Waals surface area (Å²) in [6.45, 7) is 0. The smallest absolute Gasteiger partial charge is 0.282 e. The molecule has 1 N–H and O–H groups in total. The summed E-state index contributed by atoms with van der Waals surface area (Å²) in [4.78, 5) is 25.4. The fourth-order valence-electron chi connectivity index (χ4n) is 2.87. The van der Waals surface area contributed by atoms with Crippen LogP contribution in [0.2, 0.25) is 5.02 Å². The van der Waals surface area contributed by atoms with E-state index in [4.69, 9.17) is 11.6 Å². The summed E-state index contributed by atoms with van der Waals surface area (Å²) in [5, 5.41) is 16.5. The van der Waals surface area contributed by atoms with E-state index in [1.165, 1.54) is 24.4 Å². The minimum absolute atomic E-state index is 0.0486. The SMILES string of the molecule is O=C1c2cccc3cccc(c23)C(=O)N1/N=C/c1cc(Cl)ccc1O. The molecule has 25 heavy (non-hydrogen) atoms. The number of aromatic hydroxyl groups is 1. The van der Waals surface area contributed by atoms with Gasteiger partial charge in [-0.3, -0.25) is 9.59 Å². The van der Waals surface area contributed by atoms with Crippen LogP contribution in [0.3, 0.4) is 0 Å². The molecule has 5 nitrogen and oxygen atoms in total. The second-order valence-corrected chi connectivity index (χ2v) is 6.02. The molecule has 0 fully saturated rings. The van der Waals surface area contributed by atoms with Crippen LogP contribution in [0.1, 0.15) is 26.3 Å². The van der Waals surface area contributed by atoms with Gasteiger partial charge < -0.3 is 5.11 Å². The third kappa shape index (κ3) is 2.45. The van der Waals surface area contributed by atoms with Crippen molar-refractivity contribution >= 4 is 40.4 Å². The molecule has 3 aromatic carbocycles. The average molecular weight is 351 g/mol. The minimum atomic E-state index is -0.507. The van der Waals surface area contributed by atoms with Crippen LogP contribution in [0, 0.1) is 0 Å². The average Bonchev–Trinajstić information content (AvgIpc) is 2.62. The Bertz CT molecular complexity index is 1020. The summed E-state index contributed by atoms with van der Waals surface area (Å²) < 4.78 is 0. The molecule has 1 aliphatic rings. The summed E-state index contributed by atoms with van der Waals surface area (Å²) in [6.07, 6.45) is 1.24. The third-order valence-electron chi connectivity index (χ3n) is 4.05. The number of phenols is 1. The molecule has 4 rings (SSSR count). The Kier molecular flexibility index (Phi) is 3.51. The van der Waals surface area contributed by atoms with Crippen LogP contribution in [0.15, 0.2) is 59.7 Å². The Labute approximate surface area is 147 Å². The summed E-state index contributed by atoms with van der Waals surface area (Å²) in [6, 6.07) is 15.0. The quantitative estimate of drug-likeness (QED) is 0.564. The zero-order valence-electron chi connectivity index (χ0n) is 12.8. The number of phenolic OH excluding ortho intramolecular Hbond substituents is 1. The lowest BCUT2D eigenvalue weighted by Crippen LogP contribution is -2.36. The highest BCUT2D eigenvalue weighted by Crippen LogP contribution is 2.30. The summed E-state index contributed by atoms with van der Waals surface area (Å²) in [7, 11) is 0. The van der Waals surface area contributed by atoms with Gasteiger partial charge in [0, 0.05) is 16.0 Å². The molecule has 0 unspecified atom stereocenters. The molecule has 0 aromatic heterocycles. The molecule has 0 saturated carbocycles. The van der Waals surface area contributed by atoms with Crippen molar-refractivity contribution in [3.63, 3.8) is 0 Å². The van der Waals surface area contributed by atoms with Crippen LogP contribution in [0.4, 0.5) is 0 Å². The molecular weight excluding hydrogens is 340 g/mol. The monoisotopic (exact) mass is 350 g/mol. The second-order valence-electron chi connectivity index (χ2n) is 5.58. The van der Waals surface area contributed by atoms with Crippen LogP contribution in [0.5, 0.6) is 5.75 Å². The Morgan fingerprint density at radius 3 is 2.24 bits per heavy atom. The van der Waals surface area contributed by atoms with Gasteiger partial charge in [-0.25, -0.2) is 0 Å². The van der Waals surface area contributed by atoms with Crippen molar-refractivity contribution in [2.75, 3.05) is 0 Å². The summed E-state index contributed by atoms with van der Waals surface area (Å²) in [5.41, 5.74) is 1.14. The maximum atomic E-state index is 12.7. The first kappa shape index (κ1) is 15.4. The van der Waals surface area contributed by atoms with Gasteiger partial charge in [-0.1, -0.05) is 35.9 Å². The van der Waals surface area contributed by atoms with E-state index in [-0.39, 0.29) is 5.75 Å². The van der Waals surface area contributed by atoms with Crippen LogP contribution < -0.4 is 0 Å². The van der Waals surface area contributed by atoms with Crippen molar-refractivity contribution in [1.82, 2.24) is 5.01 Å². The lowest BCUT2D eigenvalue weighted by atomic mass is 9.95. The van der Waals surface area contributed by atoms with Crippen LogP contribution >= 0.6 is 11.6 Å². The van der Waals surface area contributed by atoms with Gasteiger partial charge >= 0.3 is 0 Å². The van der Waals surface area contributed by atoms with Gasteiger partial charge in [0.25, 0.3) is 11.8 Å².